The average molecular weight is 463 g/mol. The van der Waals surface area contributed by atoms with E-state index in [1.165, 1.54) is 10.5 Å². The first-order valence-electron chi connectivity index (χ1n) is 10.8. The molecule has 0 fully saturated rings. The number of nitrogens with one attached hydrogen (secondary N) is 1. The van der Waals surface area contributed by atoms with Gasteiger partial charge in [0.1, 0.15) is 34.4 Å². The van der Waals surface area contributed by atoms with Crippen LogP contribution in [0.5, 0.6) is 17.4 Å². The van der Waals surface area contributed by atoms with Gasteiger partial charge in [0, 0.05) is 26.0 Å². The number of amides is 1. The molecule has 3 aromatic rings. The standard InChI is InChI=1S/C25H26N4O5/c1-4-33-14-6-12-27-23(30)18(16-26)15-21-24(34-20-10-8-19(32-3)9-11-20)28-22-17(2)7-5-13-29(22)25(21)31/h5,7-11,13,15H,4,6,12,14H2,1-3H3,(H,27,30)/b18-15+. The van der Waals surface area contributed by atoms with Crippen LogP contribution in [0.25, 0.3) is 11.7 Å². The highest BCUT2D eigenvalue weighted by Gasteiger charge is 2.18. The van der Waals surface area contributed by atoms with E-state index in [4.69, 9.17) is 14.2 Å². The second-order valence-corrected chi connectivity index (χ2v) is 7.27. The first-order valence-corrected chi connectivity index (χ1v) is 10.8. The van der Waals surface area contributed by atoms with E-state index >= 15 is 0 Å². The number of pyridine rings is 1. The molecule has 0 saturated carbocycles. The Labute approximate surface area is 197 Å². The third kappa shape index (κ3) is 5.79. The zero-order chi connectivity index (χ0) is 24.5. The van der Waals surface area contributed by atoms with Gasteiger partial charge in [0.05, 0.1) is 7.11 Å². The van der Waals surface area contributed by atoms with Gasteiger partial charge in [-0.1, -0.05) is 6.07 Å². The number of carbonyl (C=O) groups excluding carboxylic acids is 1. The van der Waals surface area contributed by atoms with Crippen molar-refractivity contribution < 1.29 is 19.0 Å². The number of aryl methyl sites for hydroxylation is 1. The summed E-state index contributed by atoms with van der Waals surface area (Å²) in [4.78, 5) is 30.4. The zero-order valence-electron chi connectivity index (χ0n) is 19.3. The molecule has 9 nitrogen and oxygen atoms in total. The van der Waals surface area contributed by atoms with Crippen LogP contribution in [0.15, 0.2) is 53.0 Å². The number of nitrogens with zero attached hydrogens (tertiary/aromatic N) is 3. The second kappa shape index (κ2) is 11.6. The lowest BCUT2D eigenvalue weighted by molar-refractivity contribution is -0.117. The summed E-state index contributed by atoms with van der Waals surface area (Å²) in [7, 11) is 1.55. The molecule has 1 aromatic carbocycles. The molecular weight excluding hydrogens is 436 g/mol. The predicted octanol–water partition coefficient (Wildman–Crippen LogP) is 3.25. The van der Waals surface area contributed by atoms with Crippen molar-refractivity contribution in [3.05, 3.63) is 69.6 Å². The molecule has 3 rings (SSSR count). The Kier molecular flexibility index (Phi) is 8.37. The maximum absolute atomic E-state index is 13.3. The van der Waals surface area contributed by atoms with E-state index in [1.54, 1.807) is 43.6 Å². The topological polar surface area (TPSA) is 115 Å². The minimum atomic E-state index is -0.594. The summed E-state index contributed by atoms with van der Waals surface area (Å²) in [5, 5.41) is 12.3. The van der Waals surface area contributed by atoms with Gasteiger partial charge in [-0.2, -0.15) is 10.2 Å². The number of aromatic nitrogens is 2. The summed E-state index contributed by atoms with van der Waals surface area (Å²) < 4.78 is 17.7. The van der Waals surface area contributed by atoms with E-state index in [2.05, 4.69) is 10.3 Å². The van der Waals surface area contributed by atoms with Crippen LogP contribution in [0.2, 0.25) is 0 Å². The van der Waals surface area contributed by atoms with Crippen LogP contribution < -0.4 is 20.3 Å². The molecule has 0 unspecified atom stereocenters. The van der Waals surface area contributed by atoms with Gasteiger partial charge in [-0.15, -0.1) is 0 Å². The van der Waals surface area contributed by atoms with Crippen LogP contribution in [-0.4, -0.2) is 42.2 Å². The fraction of sp³-hybridized carbons (Fsp3) is 0.280. The minimum Gasteiger partial charge on any atom is -0.497 e. The normalized spacial score (nSPS) is 11.2. The van der Waals surface area contributed by atoms with Crippen molar-refractivity contribution in [3.63, 3.8) is 0 Å². The lowest BCUT2D eigenvalue weighted by atomic mass is 10.1. The number of nitriles is 1. The molecule has 0 aliphatic rings. The summed E-state index contributed by atoms with van der Waals surface area (Å²) in [5.41, 5.74) is 0.464. The van der Waals surface area contributed by atoms with Crippen molar-refractivity contribution in [1.82, 2.24) is 14.7 Å². The highest BCUT2D eigenvalue weighted by atomic mass is 16.5. The Balaban J connectivity index is 2.02. The number of ether oxygens (including phenoxy) is 3. The smallest absolute Gasteiger partial charge is 0.269 e. The summed E-state index contributed by atoms with van der Waals surface area (Å²) in [6.07, 6.45) is 3.39. The Morgan fingerprint density at radius 2 is 1.97 bits per heavy atom. The molecule has 9 heteroatoms. The van der Waals surface area contributed by atoms with E-state index in [1.807, 2.05) is 26.0 Å². The summed E-state index contributed by atoms with van der Waals surface area (Å²) in [6, 6.07) is 12.2. The Morgan fingerprint density at radius 1 is 1.24 bits per heavy atom. The molecule has 0 radical (unpaired) electrons. The Hall–Kier alpha value is -4.16. The quantitative estimate of drug-likeness (QED) is 0.279. The van der Waals surface area contributed by atoms with Crippen LogP contribution in [0.1, 0.15) is 24.5 Å². The third-order valence-electron chi connectivity index (χ3n) is 4.93. The fourth-order valence-electron chi connectivity index (χ4n) is 3.16. The largest absolute Gasteiger partial charge is 0.497 e. The molecule has 34 heavy (non-hydrogen) atoms. The third-order valence-corrected chi connectivity index (χ3v) is 4.93. The van der Waals surface area contributed by atoms with Crippen LogP contribution in [0, 0.1) is 18.3 Å². The van der Waals surface area contributed by atoms with Crippen molar-refractivity contribution >= 4 is 17.6 Å². The molecule has 0 atom stereocenters. The number of rotatable bonds is 10. The lowest BCUT2D eigenvalue weighted by Crippen LogP contribution is -2.27. The molecule has 0 aliphatic carbocycles. The van der Waals surface area contributed by atoms with Crippen molar-refractivity contribution in [2.45, 2.75) is 20.3 Å². The Bertz CT molecular complexity index is 1290. The number of methoxy groups -OCH3 is 1. The summed E-state index contributed by atoms with van der Waals surface area (Å²) in [6.45, 7) is 5.13. The van der Waals surface area contributed by atoms with E-state index in [0.717, 1.165) is 5.56 Å². The highest BCUT2D eigenvalue weighted by molar-refractivity contribution is 6.01. The first-order chi connectivity index (χ1) is 16.5. The molecule has 1 amide bonds. The number of hydrogen-bond acceptors (Lipinski definition) is 7. The summed E-state index contributed by atoms with van der Waals surface area (Å²) >= 11 is 0. The number of fused-ring (bicyclic) bond motifs is 1. The van der Waals surface area contributed by atoms with E-state index in [0.29, 0.717) is 43.3 Å². The van der Waals surface area contributed by atoms with Crippen LogP contribution >= 0.6 is 0 Å². The second-order valence-electron chi connectivity index (χ2n) is 7.27. The lowest BCUT2D eigenvalue weighted by Gasteiger charge is -2.12. The number of benzene rings is 1. The van der Waals surface area contributed by atoms with Gasteiger partial charge in [-0.25, -0.2) is 0 Å². The average Bonchev–Trinajstić information content (AvgIpc) is 2.85. The highest BCUT2D eigenvalue weighted by Crippen LogP contribution is 2.26. The van der Waals surface area contributed by atoms with E-state index in [9.17, 15) is 14.9 Å². The van der Waals surface area contributed by atoms with Crippen LogP contribution in [-0.2, 0) is 9.53 Å². The molecule has 2 heterocycles. The van der Waals surface area contributed by atoms with Gasteiger partial charge in [-0.3, -0.25) is 14.0 Å². The van der Waals surface area contributed by atoms with Crippen LogP contribution in [0.4, 0.5) is 0 Å². The SMILES string of the molecule is CCOCCCNC(=O)/C(C#N)=C/c1c(Oc2ccc(OC)cc2)nc2c(C)cccn2c1=O. The molecule has 0 aliphatic heterocycles. The molecule has 0 spiro atoms. The van der Waals surface area contributed by atoms with Gasteiger partial charge in [0.2, 0.25) is 5.88 Å². The maximum atomic E-state index is 13.3. The van der Waals surface area contributed by atoms with Crippen LogP contribution in [0.3, 0.4) is 0 Å². The summed E-state index contributed by atoms with van der Waals surface area (Å²) in [5.74, 6) is 0.450. The molecule has 0 bridgehead atoms. The van der Waals surface area contributed by atoms with Gasteiger partial charge in [0.15, 0.2) is 0 Å². The zero-order valence-corrected chi connectivity index (χ0v) is 19.3. The maximum Gasteiger partial charge on any atom is 0.269 e. The van der Waals surface area contributed by atoms with Gasteiger partial charge in [-0.05, 0) is 62.2 Å². The number of hydrogen-bond donors (Lipinski definition) is 1. The fourth-order valence-corrected chi connectivity index (χ4v) is 3.16. The minimum absolute atomic E-state index is 0.0126. The van der Waals surface area contributed by atoms with Gasteiger partial charge < -0.3 is 19.5 Å². The molecule has 176 valence electrons. The first kappa shape index (κ1) is 24.5. The van der Waals surface area contributed by atoms with Gasteiger partial charge in [0.25, 0.3) is 11.5 Å². The monoisotopic (exact) mass is 462 g/mol. The number of carbonyl (C=O) groups is 1. The molecule has 1 N–H and O–H groups in total. The van der Waals surface area contributed by atoms with E-state index < -0.39 is 11.5 Å². The molecule has 2 aromatic heterocycles. The molecular formula is C25H26N4O5. The van der Waals surface area contributed by atoms with Crippen molar-refractivity contribution in [2.24, 2.45) is 0 Å². The van der Waals surface area contributed by atoms with E-state index in [-0.39, 0.29) is 17.0 Å². The van der Waals surface area contributed by atoms with Crippen molar-refractivity contribution in [2.75, 3.05) is 26.9 Å². The molecule has 0 saturated heterocycles. The predicted molar refractivity (Wildman–Crippen MR) is 127 cm³/mol. The van der Waals surface area contributed by atoms with Crippen molar-refractivity contribution in [1.29, 1.82) is 5.26 Å². The van der Waals surface area contributed by atoms with Crippen molar-refractivity contribution in [3.8, 4) is 23.4 Å². The van der Waals surface area contributed by atoms with Gasteiger partial charge >= 0.3 is 0 Å². The Morgan fingerprint density at radius 3 is 2.65 bits per heavy atom.